The third kappa shape index (κ3) is 4.18. The summed E-state index contributed by atoms with van der Waals surface area (Å²) in [5, 5.41) is 12.3. The van der Waals surface area contributed by atoms with Crippen LogP contribution in [0, 0.1) is 0 Å². The van der Waals surface area contributed by atoms with Crippen LogP contribution in [-0.4, -0.2) is 93.1 Å². The maximum atomic E-state index is 13.3. The highest BCUT2D eigenvalue weighted by atomic mass is 16.4. The lowest BCUT2D eigenvalue weighted by Gasteiger charge is -2.38. The highest BCUT2D eigenvalue weighted by Crippen LogP contribution is 2.29. The van der Waals surface area contributed by atoms with Crippen LogP contribution in [-0.2, 0) is 19.2 Å². The molecule has 3 aliphatic rings. The van der Waals surface area contributed by atoms with E-state index in [9.17, 15) is 33.9 Å². The Morgan fingerprint density at radius 1 is 1.06 bits per heavy atom. The van der Waals surface area contributed by atoms with Crippen molar-refractivity contribution in [1.82, 2.24) is 20.0 Å². The first kappa shape index (κ1) is 23.6. The Kier molecular flexibility index (Phi) is 6.22. The molecule has 1 unspecified atom stereocenters. The van der Waals surface area contributed by atoms with Gasteiger partial charge >= 0.3 is 5.97 Å². The number of amides is 5. The molecule has 0 saturated carbocycles. The fourth-order valence-electron chi connectivity index (χ4n) is 4.69. The molecule has 11 heteroatoms. The Balaban J connectivity index is 1.52. The number of nitrogens with zero attached hydrogens (tertiary/aromatic N) is 3. The van der Waals surface area contributed by atoms with E-state index in [2.05, 4.69) is 5.32 Å². The van der Waals surface area contributed by atoms with Crippen molar-refractivity contribution >= 4 is 35.5 Å². The van der Waals surface area contributed by atoms with E-state index in [1.807, 2.05) is 4.90 Å². The lowest BCUT2D eigenvalue weighted by Crippen LogP contribution is -2.64. The summed E-state index contributed by atoms with van der Waals surface area (Å²) in [6.07, 6.45) is 1.71. The van der Waals surface area contributed by atoms with Gasteiger partial charge in [-0.2, -0.15) is 0 Å². The summed E-state index contributed by atoms with van der Waals surface area (Å²) in [7, 11) is 0. The second-order valence-corrected chi connectivity index (χ2v) is 9.07. The fourth-order valence-corrected chi connectivity index (χ4v) is 4.69. The van der Waals surface area contributed by atoms with Gasteiger partial charge in [0.15, 0.2) is 5.54 Å². The van der Waals surface area contributed by atoms with Gasteiger partial charge in [0.25, 0.3) is 17.7 Å². The third-order valence-electron chi connectivity index (χ3n) is 6.55. The molecule has 0 bridgehead atoms. The molecule has 1 aromatic carbocycles. The molecule has 3 aliphatic heterocycles. The molecule has 0 spiro atoms. The van der Waals surface area contributed by atoms with Crippen LogP contribution < -0.4 is 5.32 Å². The van der Waals surface area contributed by atoms with E-state index >= 15 is 0 Å². The predicted octanol–water partition coefficient (Wildman–Crippen LogP) is -0.144. The quantitative estimate of drug-likeness (QED) is 0.524. The summed E-state index contributed by atoms with van der Waals surface area (Å²) in [6.45, 7) is 2.10. The van der Waals surface area contributed by atoms with Crippen LogP contribution >= 0.6 is 0 Å². The SMILES string of the molecule is C[C@@](CN1C(=O)CCC(N2C(=O)c3ccccc3C2=O)C1=O)(NC(=O)CN1CCCC1)C(=O)O. The number of aliphatic carboxylic acids is 1. The van der Waals surface area contributed by atoms with Gasteiger partial charge in [0.2, 0.25) is 11.8 Å². The van der Waals surface area contributed by atoms with E-state index < -0.39 is 53.6 Å². The number of carboxylic acids is 1. The number of carbonyl (C=O) groups excluding carboxylic acids is 5. The number of likely N-dealkylation sites (tertiary alicyclic amines) is 2. The van der Waals surface area contributed by atoms with Gasteiger partial charge in [-0.25, -0.2) is 4.79 Å². The molecule has 2 fully saturated rings. The number of carbonyl (C=O) groups is 6. The molecule has 180 valence electrons. The van der Waals surface area contributed by atoms with E-state index in [0.29, 0.717) is 0 Å². The summed E-state index contributed by atoms with van der Waals surface area (Å²) in [4.78, 5) is 79.6. The maximum Gasteiger partial charge on any atom is 0.331 e. The van der Waals surface area contributed by atoms with Crippen LogP contribution in [0.15, 0.2) is 24.3 Å². The molecule has 2 N–H and O–H groups in total. The normalized spacial score (nSPS) is 22.7. The summed E-state index contributed by atoms with van der Waals surface area (Å²) < 4.78 is 0. The zero-order valence-corrected chi connectivity index (χ0v) is 18.8. The van der Waals surface area contributed by atoms with Crippen LogP contribution in [0.2, 0.25) is 0 Å². The van der Waals surface area contributed by atoms with Crippen molar-refractivity contribution in [2.24, 2.45) is 0 Å². The van der Waals surface area contributed by atoms with Crippen molar-refractivity contribution in [3.63, 3.8) is 0 Å². The number of piperidine rings is 1. The van der Waals surface area contributed by atoms with E-state index in [1.165, 1.54) is 19.1 Å². The van der Waals surface area contributed by atoms with E-state index in [-0.39, 0.29) is 30.5 Å². The van der Waals surface area contributed by atoms with Gasteiger partial charge < -0.3 is 10.4 Å². The molecule has 0 aromatic heterocycles. The summed E-state index contributed by atoms with van der Waals surface area (Å²) in [5.41, 5.74) is -1.59. The van der Waals surface area contributed by atoms with E-state index in [0.717, 1.165) is 35.7 Å². The number of carboxylic acid groups (broad SMARTS) is 1. The minimum atomic E-state index is -1.94. The molecule has 1 aromatic rings. The highest BCUT2D eigenvalue weighted by Gasteiger charge is 2.49. The first-order chi connectivity index (χ1) is 16.1. The number of fused-ring (bicyclic) bond motifs is 1. The number of imide groups is 2. The van der Waals surface area contributed by atoms with Gasteiger partial charge in [0.05, 0.1) is 24.2 Å². The van der Waals surface area contributed by atoms with Gasteiger partial charge in [-0.3, -0.25) is 38.7 Å². The average molecular weight is 470 g/mol. The number of hydrogen-bond donors (Lipinski definition) is 2. The van der Waals surface area contributed by atoms with Crippen LogP contribution in [0.25, 0.3) is 0 Å². The van der Waals surface area contributed by atoms with Crippen LogP contribution in [0.4, 0.5) is 0 Å². The highest BCUT2D eigenvalue weighted by molar-refractivity contribution is 6.23. The smallest absolute Gasteiger partial charge is 0.331 e. The average Bonchev–Trinajstić information content (AvgIpc) is 3.38. The van der Waals surface area contributed by atoms with Crippen molar-refractivity contribution in [3.8, 4) is 0 Å². The Labute approximate surface area is 195 Å². The van der Waals surface area contributed by atoms with Crippen LogP contribution in [0.5, 0.6) is 0 Å². The van der Waals surface area contributed by atoms with Gasteiger partial charge in [0, 0.05) is 6.42 Å². The maximum absolute atomic E-state index is 13.3. The molecular weight excluding hydrogens is 444 g/mol. The molecule has 0 aliphatic carbocycles. The second-order valence-electron chi connectivity index (χ2n) is 9.07. The van der Waals surface area contributed by atoms with Crippen LogP contribution in [0.1, 0.15) is 53.3 Å². The summed E-state index contributed by atoms with van der Waals surface area (Å²) >= 11 is 0. The Morgan fingerprint density at radius 3 is 2.21 bits per heavy atom. The van der Waals surface area contributed by atoms with Crippen LogP contribution in [0.3, 0.4) is 0 Å². The number of rotatable bonds is 7. The fraction of sp³-hybridized carbons (Fsp3) is 0.478. The molecule has 5 amide bonds. The molecular formula is C23H26N4O7. The van der Waals surface area contributed by atoms with Crippen molar-refractivity contribution in [2.75, 3.05) is 26.2 Å². The Morgan fingerprint density at radius 2 is 1.65 bits per heavy atom. The Hall–Kier alpha value is -3.60. The van der Waals surface area contributed by atoms with Gasteiger partial charge in [-0.15, -0.1) is 0 Å². The lowest BCUT2D eigenvalue weighted by atomic mass is 9.96. The number of nitrogens with one attached hydrogen (secondary N) is 1. The number of benzene rings is 1. The zero-order valence-electron chi connectivity index (χ0n) is 18.8. The minimum Gasteiger partial charge on any atom is -0.479 e. The standard InChI is InChI=1S/C23H26N4O7/c1-23(22(33)34,24-17(28)12-25-10-4-5-11-25)13-26-18(29)9-8-16(21(26)32)27-19(30)14-6-2-3-7-15(14)20(27)31/h2-3,6-7,16H,4-5,8-13H2,1H3,(H,24,28)(H,33,34)/t16?,23-/m0/s1. The Bertz CT molecular complexity index is 1050. The summed E-state index contributed by atoms with van der Waals surface area (Å²) in [5.74, 6) is -4.67. The lowest BCUT2D eigenvalue weighted by molar-refractivity contribution is -0.157. The topological polar surface area (TPSA) is 144 Å². The molecule has 3 heterocycles. The monoisotopic (exact) mass is 470 g/mol. The molecule has 2 saturated heterocycles. The van der Waals surface area contributed by atoms with Crippen molar-refractivity contribution in [2.45, 2.75) is 44.2 Å². The first-order valence-electron chi connectivity index (χ1n) is 11.2. The van der Waals surface area contributed by atoms with Gasteiger partial charge in [0.1, 0.15) is 6.04 Å². The van der Waals surface area contributed by atoms with Crippen molar-refractivity contribution in [1.29, 1.82) is 0 Å². The molecule has 11 nitrogen and oxygen atoms in total. The minimum absolute atomic E-state index is 0.0163. The molecule has 0 radical (unpaired) electrons. The molecule has 2 atom stereocenters. The third-order valence-corrected chi connectivity index (χ3v) is 6.55. The zero-order chi connectivity index (χ0) is 24.6. The second kappa shape index (κ2) is 8.98. The molecule has 4 rings (SSSR count). The summed E-state index contributed by atoms with van der Waals surface area (Å²) in [6, 6.07) is 4.96. The molecule has 34 heavy (non-hydrogen) atoms. The van der Waals surface area contributed by atoms with E-state index in [4.69, 9.17) is 0 Å². The van der Waals surface area contributed by atoms with Crippen molar-refractivity contribution < 1.29 is 33.9 Å². The number of hydrogen-bond acceptors (Lipinski definition) is 7. The van der Waals surface area contributed by atoms with E-state index in [1.54, 1.807) is 12.1 Å². The van der Waals surface area contributed by atoms with Gasteiger partial charge in [-0.05, 0) is 51.4 Å². The largest absolute Gasteiger partial charge is 0.479 e. The first-order valence-corrected chi connectivity index (χ1v) is 11.2. The predicted molar refractivity (Wildman–Crippen MR) is 117 cm³/mol. The van der Waals surface area contributed by atoms with Crippen molar-refractivity contribution in [3.05, 3.63) is 35.4 Å². The van der Waals surface area contributed by atoms with Gasteiger partial charge in [-0.1, -0.05) is 12.1 Å².